The first-order valence-electron chi connectivity index (χ1n) is 10.4. The number of carbonyl (C=O) groups excluding carboxylic acids is 1. The van der Waals surface area contributed by atoms with Crippen molar-refractivity contribution < 1.29 is 19.6 Å². The van der Waals surface area contributed by atoms with Crippen molar-refractivity contribution in [2.24, 2.45) is 5.10 Å². The lowest BCUT2D eigenvalue weighted by molar-refractivity contribution is -0.547. The normalized spacial score (nSPS) is 20.3. The summed E-state index contributed by atoms with van der Waals surface area (Å²) in [6, 6.07) is 13.5. The van der Waals surface area contributed by atoms with E-state index in [4.69, 9.17) is 0 Å². The van der Waals surface area contributed by atoms with Crippen molar-refractivity contribution in [3.63, 3.8) is 0 Å². The first-order valence-corrected chi connectivity index (χ1v) is 10.4. The minimum absolute atomic E-state index is 0.0735. The molecule has 1 fully saturated rings. The molecule has 0 aliphatic carbocycles. The molecule has 1 saturated heterocycles. The van der Waals surface area contributed by atoms with E-state index in [9.17, 15) is 24.8 Å². The molecule has 1 N–H and O–H groups in total. The van der Waals surface area contributed by atoms with E-state index in [0.29, 0.717) is 36.6 Å². The maximum atomic E-state index is 13.0. The topological polar surface area (TPSA) is 120 Å². The molecule has 10 nitrogen and oxygen atoms in total. The predicted molar refractivity (Wildman–Crippen MR) is 124 cm³/mol. The van der Waals surface area contributed by atoms with E-state index < -0.39 is 12.1 Å². The Balaban J connectivity index is 1.52. The number of amides is 1. The van der Waals surface area contributed by atoms with Crippen LogP contribution in [0, 0.1) is 10.1 Å². The fourth-order valence-electron chi connectivity index (χ4n) is 3.90. The molecule has 1 amide bonds. The summed E-state index contributed by atoms with van der Waals surface area (Å²) >= 11 is 0. The van der Waals surface area contributed by atoms with Gasteiger partial charge in [-0.3, -0.25) is 14.9 Å². The number of hydrogen-bond acceptors (Lipinski definition) is 7. The molecule has 2 aliphatic rings. The molecule has 2 heterocycles. The number of aromatic carboxylic acids is 1. The van der Waals surface area contributed by atoms with Crippen molar-refractivity contribution in [1.82, 2.24) is 4.90 Å². The number of carboxylic acids is 1. The molecule has 0 aromatic heterocycles. The van der Waals surface area contributed by atoms with Crippen LogP contribution in [-0.2, 0) is 4.79 Å². The van der Waals surface area contributed by atoms with Gasteiger partial charge in [0.1, 0.15) is 6.54 Å². The number of piperazine rings is 1. The maximum Gasteiger partial charge on any atom is 0.335 e. The van der Waals surface area contributed by atoms with Crippen molar-refractivity contribution in [1.29, 1.82) is 0 Å². The fourth-order valence-corrected chi connectivity index (χ4v) is 3.90. The molecule has 2 aromatic rings. The monoisotopic (exact) mass is 449 g/mol. The second kappa shape index (κ2) is 8.83. The molecule has 0 spiro atoms. The van der Waals surface area contributed by atoms with Gasteiger partial charge in [0.2, 0.25) is 0 Å². The zero-order valence-corrected chi connectivity index (χ0v) is 18.2. The van der Waals surface area contributed by atoms with Crippen LogP contribution in [0.2, 0.25) is 0 Å². The summed E-state index contributed by atoms with van der Waals surface area (Å²) in [6.07, 6.45) is 0.983. The summed E-state index contributed by atoms with van der Waals surface area (Å²) in [7, 11) is 1.75. The van der Waals surface area contributed by atoms with E-state index in [1.807, 2.05) is 29.2 Å². The number of nitrogens with zero attached hydrogens (tertiary/aromatic N) is 5. The molecule has 2 aliphatic heterocycles. The van der Waals surface area contributed by atoms with Crippen LogP contribution < -0.4 is 9.91 Å². The van der Waals surface area contributed by atoms with Crippen molar-refractivity contribution in [3.05, 3.63) is 75.3 Å². The quantitative estimate of drug-likeness (QED) is 0.423. The number of rotatable bonds is 5. The van der Waals surface area contributed by atoms with E-state index >= 15 is 0 Å². The Bertz CT molecular complexity index is 1170. The van der Waals surface area contributed by atoms with Gasteiger partial charge in [-0.25, -0.2) is 9.69 Å². The van der Waals surface area contributed by atoms with E-state index in [1.54, 1.807) is 37.1 Å². The Hall–Kier alpha value is -4.05. The molecule has 0 bridgehead atoms. The minimum atomic E-state index is -1.08. The third kappa shape index (κ3) is 4.46. The van der Waals surface area contributed by atoms with E-state index in [-0.39, 0.29) is 16.4 Å². The van der Waals surface area contributed by atoms with Crippen molar-refractivity contribution >= 4 is 35.0 Å². The van der Waals surface area contributed by atoms with Crippen LogP contribution in [0.5, 0.6) is 0 Å². The average Bonchev–Trinajstić information content (AvgIpc) is 3.08. The fraction of sp³-hybridized carbons (Fsp3) is 0.261. The van der Waals surface area contributed by atoms with Crippen LogP contribution >= 0.6 is 0 Å². The second-order valence-corrected chi connectivity index (χ2v) is 8.00. The molecule has 0 radical (unpaired) electrons. The Morgan fingerprint density at radius 1 is 1.18 bits per heavy atom. The first-order chi connectivity index (χ1) is 15.7. The van der Waals surface area contributed by atoms with Crippen LogP contribution in [-0.4, -0.2) is 65.4 Å². The summed E-state index contributed by atoms with van der Waals surface area (Å²) in [4.78, 5) is 38.9. The molecule has 10 heteroatoms. The smallest absolute Gasteiger partial charge is 0.335 e. The Morgan fingerprint density at radius 2 is 1.91 bits per heavy atom. The number of nitro groups is 1. The van der Waals surface area contributed by atoms with Gasteiger partial charge in [-0.15, -0.1) is 0 Å². The van der Waals surface area contributed by atoms with Gasteiger partial charge in [0.25, 0.3) is 12.1 Å². The lowest BCUT2D eigenvalue weighted by Gasteiger charge is -2.35. The largest absolute Gasteiger partial charge is 0.478 e. The van der Waals surface area contributed by atoms with Gasteiger partial charge in [0.05, 0.1) is 22.5 Å². The summed E-state index contributed by atoms with van der Waals surface area (Å²) in [5, 5.41) is 26.0. The third-order valence-electron chi connectivity index (χ3n) is 5.83. The zero-order valence-electron chi connectivity index (χ0n) is 18.2. The highest BCUT2D eigenvalue weighted by atomic mass is 16.6. The van der Waals surface area contributed by atoms with E-state index in [0.717, 1.165) is 11.3 Å². The Kier molecular flexibility index (Phi) is 5.93. The highest BCUT2D eigenvalue weighted by Crippen LogP contribution is 2.27. The minimum Gasteiger partial charge on any atom is -0.478 e. The highest BCUT2D eigenvalue weighted by molar-refractivity contribution is 6.32. The molecule has 0 unspecified atom stereocenters. The Morgan fingerprint density at radius 3 is 2.58 bits per heavy atom. The zero-order chi connectivity index (χ0) is 23.7. The van der Waals surface area contributed by atoms with Crippen LogP contribution in [0.15, 0.2) is 59.2 Å². The van der Waals surface area contributed by atoms with Gasteiger partial charge in [0.15, 0.2) is 0 Å². The summed E-state index contributed by atoms with van der Waals surface area (Å²) in [6.45, 7) is 3.32. The third-order valence-corrected chi connectivity index (χ3v) is 5.83. The lowest BCUT2D eigenvalue weighted by atomic mass is 10.1. The number of hydrogen-bond donors (Lipinski definition) is 1. The summed E-state index contributed by atoms with van der Waals surface area (Å²) < 4.78 is 0. The summed E-state index contributed by atoms with van der Waals surface area (Å²) in [5.74, 6) is -1.42. The predicted octanol–water partition coefficient (Wildman–Crippen LogP) is 2.55. The number of benzene rings is 2. The van der Waals surface area contributed by atoms with Gasteiger partial charge >= 0.3 is 5.97 Å². The van der Waals surface area contributed by atoms with Crippen molar-refractivity contribution in [2.45, 2.75) is 13.1 Å². The molecular weight excluding hydrogens is 426 g/mol. The number of carbonyl (C=O) groups is 2. The Labute approximate surface area is 190 Å². The van der Waals surface area contributed by atoms with Crippen LogP contribution in [0.25, 0.3) is 6.08 Å². The lowest BCUT2D eigenvalue weighted by Crippen LogP contribution is -2.54. The van der Waals surface area contributed by atoms with Crippen molar-refractivity contribution in [2.75, 3.05) is 36.6 Å². The first kappa shape index (κ1) is 22.2. The van der Waals surface area contributed by atoms with Crippen LogP contribution in [0.1, 0.15) is 22.8 Å². The number of hydrazone groups is 1. The van der Waals surface area contributed by atoms with Gasteiger partial charge in [-0.2, -0.15) is 10.1 Å². The number of likely N-dealkylation sites (N-methyl/N-ethyl adjacent to an activating group) is 1. The number of anilines is 2. The molecular formula is C23H23N5O5. The molecule has 170 valence electrons. The average molecular weight is 449 g/mol. The molecule has 2 aromatic carbocycles. The highest BCUT2D eigenvalue weighted by Gasteiger charge is 2.33. The van der Waals surface area contributed by atoms with E-state index in [1.165, 1.54) is 17.1 Å². The van der Waals surface area contributed by atoms with Crippen LogP contribution in [0.4, 0.5) is 11.4 Å². The van der Waals surface area contributed by atoms with Gasteiger partial charge in [-0.1, -0.05) is 18.2 Å². The maximum absolute atomic E-state index is 13.0. The van der Waals surface area contributed by atoms with Gasteiger partial charge in [-0.05, 0) is 55.9 Å². The molecule has 0 saturated carbocycles. The summed E-state index contributed by atoms with van der Waals surface area (Å²) in [5.41, 5.74) is 3.07. The molecule has 4 rings (SSSR count). The molecule has 1 atom stereocenters. The number of carboxylic acid groups (broad SMARTS) is 1. The van der Waals surface area contributed by atoms with Crippen LogP contribution in [0.3, 0.4) is 0 Å². The van der Waals surface area contributed by atoms with Gasteiger partial charge in [0, 0.05) is 23.7 Å². The SMILES string of the molecule is CC1=NN(c2cccc(C(=O)O)c2)C(=O)/C1=C\c1ccc(N2CCN(C)[C@H]([N+](=O)[O-])C2)cc1. The van der Waals surface area contributed by atoms with E-state index in [2.05, 4.69) is 5.10 Å². The van der Waals surface area contributed by atoms with Crippen molar-refractivity contribution in [3.8, 4) is 0 Å². The second-order valence-electron chi connectivity index (χ2n) is 8.00. The van der Waals surface area contributed by atoms with Gasteiger partial charge < -0.3 is 10.0 Å². The standard InChI is InChI=1S/C23H23N5O5/c1-15-20(22(29)27(24-15)19-5-3-4-17(13-19)23(30)31)12-16-6-8-18(9-7-16)26-11-10-25(2)21(14-26)28(32)33/h3-9,12-13,21H,10-11,14H2,1-2H3,(H,30,31)/b20-12-/t21-/m1/s1. The molecule has 33 heavy (non-hydrogen) atoms.